The Morgan fingerprint density at radius 1 is 1.55 bits per heavy atom. The van der Waals surface area contributed by atoms with Crippen molar-refractivity contribution in [2.45, 2.75) is 32.7 Å². The first-order valence-corrected chi connectivity index (χ1v) is 3.75. The third-order valence-electron chi connectivity index (χ3n) is 1.33. The summed E-state index contributed by atoms with van der Waals surface area (Å²) in [7, 11) is 0. The maximum Gasteiger partial charge on any atom is 0.236 e. The molecule has 0 spiro atoms. The quantitative estimate of drug-likeness (QED) is 0.669. The molecule has 0 aliphatic carbocycles. The molecular weight excluding hydrogens is 164 g/mol. The van der Waals surface area contributed by atoms with Crippen molar-refractivity contribution in [2.24, 2.45) is 5.73 Å². The van der Waals surface area contributed by atoms with Crippen molar-refractivity contribution in [1.29, 1.82) is 0 Å². The van der Waals surface area contributed by atoms with Crippen molar-refractivity contribution in [1.82, 2.24) is 5.32 Å². The van der Waals surface area contributed by atoms with E-state index in [0.29, 0.717) is 6.42 Å². The molecule has 0 aliphatic heterocycles. The monoisotopic (exact) mass is 180 g/mol. The predicted molar refractivity (Wildman–Crippen MR) is 48.8 cm³/mol. The topological polar surface area (TPSA) is 55.1 Å². The number of carbonyl (C=O) groups is 1. The summed E-state index contributed by atoms with van der Waals surface area (Å²) in [6.07, 6.45) is 1.66. The number of halogens is 1. The van der Waals surface area contributed by atoms with Crippen LogP contribution in [-0.2, 0) is 4.79 Å². The fourth-order valence-electron chi connectivity index (χ4n) is 0.565. The lowest BCUT2D eigenvalue weighted by atomic mass is 10.2. The largest absolute Gasteiger partial charge is 0.355 e. The molecule has 0 unspecified atom stereocenters. The Hall–Kier alpha value is -0.280. The first-order valence-electron chi connectivity index (χ1n) is 3.75. The van der Waals surface area contributed by atoms with Gasteiger partial charge in [0.25, 0.3) is 0 Å². The molecule has 0 bridgehead atoms. The summed E-state index contributed by atoms with van der Waals surface area (Å²) in [6.45, 7) is 4.64. The Bertz CT molecular complexity index is 109. The summed E-state index contributed by atoms with van der Waals surface area (Å²) in [4.78, 5) is 10.9. The van der Waals surface area contributed by atoms with Gasteiger partial charge in [0.05, 0.1) is 6.04 Å². The smallest absolute Gasteiger partial charge is 0.236 e. The standard InChI is InChI=1S/C7H16N2O.ClH/c1-3-5-9-7(10)6(8)4-2;/h6H,3-5,8H2,1-2H3,(H,9,10);1H/t6-;/m1./s1. The Labute approximate surface area is 74.1 Å². The zero-order valence-corrected chi connectivity index (χ0v) is 7.91. The summed E-state index contributed by atoms with van der Waals surface area (Å²) in [5.41, 5.74) is 5.45. The molecule has 0 radical (unpaired) electrons. The minimum atomic E-state index is -0.327. The van der Waals surface area contributed by atoms with E-state index in [-0.39, 0.29) is 24.4 Å². The van der Waals surface area contributed by atoms with Gasteiger partial charge in [0, 0.05) is 6.54 Å². The summed E-state index contributed by atoms with van der Waals surface area (Å²) in [6, 6.07) is -0.327. The minimum Gasteiger partial charge on any atom is -0.355 e. The fourth-order valence-corrected chi connectivity index (χ4v) is 0.565. The molecule has 1 atom stereocenters. The highest BCUT2D eigenvalue weighted by Gasteiger charge is 2.08. The lowest BCUT2D eigenvalue weighted by Gasteiger charge is -2.07. The van der Waals surface area contributed by atoms with Gasteiger partial charge in [-0.2, -0.15) is 0 Å². The number of hydrogen-bond donors (Lipinski definition) is 2. The molecule has 0 saturated heterocycles. The molecule has 11 heavy (non-hydrogen) atoms. The number of hydrogen-bond acceptors (Lipinski definition) is 2. The molecule has 1 amide bonds. The average Bonchev–Trinajstić information content (AvgIpc) is 1.98. The van der Waals surface area contributed by atoms with Crippen LogP contribution in [0.15, 0.2) is 0 Å². The molecule has 68 valence electrons. The Morgan fingerprint density at radius 2 is 2.09 bits per heavy atom. The van der Waals surface area contributed by atoms with E-state index in [9.17, 15) is 4.79 Å². The number of amides is 1. The second kappa shape index (κ2) is 7.82. The van der Waals surface area contributed by atoms with Crippen LogP contribution in [0.4, 0.5) is 0 Å². The Balaban J connectivity index is 0. The van der Waals surface area contributed by atoms with Crippen molar-refractivity contribution in [2.75, 3.05) is 6.54 Å². The maximum atomic E-state index is 10.9. The highest BCUT2D eigenvalue weighted by molar-refractivity contribution is 5.85. The minimum absolute atomic E-state index is 0. The number of nitrogens with one attached hydrogen (secondary N) is 1. The van der Waals surface area contributed by atoms with Gasteiger partial charge in [-0.1, -0.05) is 13.8 Å². The van der Waals surface area contributed by atoms with E-state index in [1.165, 1.54) is 0 Å². The van der Waals surface area contributed by atoms with Crippen LogP contribution in [0.2, 0.25) is 0 Å². The van der Waals surface area contributed by atoms with Crippen LogP contribution in [0.1, 0.15) is 26.7 Å². The number of rotatable bonds is 4. The highest BCUT2D eigenvalue weighted by atomic mass is 35.5. The second-order valence-electron chi connectivity index (χ2n) is 2.31. The van der Waals surface area contributed by atoms with Gasteiger partial charge in [-0.05, 0) is 12.8 Å². The zero-order valence-electron chi connectivity index (χ0n) is 7.09. The molecular formula is C7H17ClN2O. The Morgan fingerprint density at radius 3 is 2.45 bits per heavy atom. The molecule has 0 heterocycles. The third-order valence-corrected chi connectivity index (χ3v) is 1.33. The fraction of sp³-hybridized carbons (Fsp3) is 0.857. The van der Waals surface area contributed by atoms with Crippen molar-refractivity contribution in [3.63, 3.8) is 0 Å². The van der Waals surface area contributed by atoms with Gasteiger partial charge in [-0.3, -0.25) is 4.79 Å². The van der Waals surface area contributed by atoms with E-state index >= 15 is 0 Å². The van der Waals surface area contributed by atoms with E-state index in [0.717, 1.165) is 13.0 Å². The normalized spacial score (nSPS) is 11.5. The van der Waals surface area contributed by atoms with Gasteiger partial charge >= 0.3 is 0 Å². The SMILES string of the molecule is CCCNC(=O)[C@H](N)CC.Cl. The van der Waals surface area contributed by atoms with Crippen LogP contribution >= 0.6 is 12.4 Å². The van der Waals surface area contributed by atoms with Gasteiger partial charge in [-0.15, -0.1) is 12.4 Å². The van der Waals surface area contributed by atoms with Crippen LogP contribution in [0, 0.1) is 0 Å². The molecule has 0 aliphatic rings. The van der Waals surface area contributed by atoms with Gasteiger partial charge < -0.3 is 11.1 Å². The van der Waals surface area contributed by atoms with E-state index in [1.807, 2.05) is 13.8 Å². The highest BCUT2D eigenvalue weighted by Crippen LogP contribution is 1.84. The van der Waals surface area contributed by atoms with Crippen molar-refractivity contribution >= 4 is 18.3 Å². The van der Waals surface area contributed by atoms with Gasteiger partial charge in [0.1, 0.15) is 0 Å². The van der Waals surface area contributed by atoms with Gasteiger partial charge in [-0.25, -0.2) is 0 Å². The zero-order chi connectivity index (χ0) is 7.98. The van der Waals surface area contributed by atoms with Crippen molar-refractivity contribution in [3.8, 4) is 0 Å². The predicted octanol–water partition coefficient (Wildman–Crippen LogP) is 0.672. The maximum absolute atomic E-state index is 10.9. The third kappa shape index (κ3) is 6.13. The summed E-state index contributed by atoms with van der Waals surface area (Å²) in [5.74, 6) is -0.0376. The van der Waals surface area contributed by atoms with Gasteiger partial charge in [0.2, 0.25) is 5.91 Å². The average molecular weight is 181 g/mol. The molecule has 0 fully saturated rings. The van der Waals surface area contributed by atoms with E-state index in [4.69, 9.17) is 5.73 Å². The molecule has 3 N–H and O–H groups in total. The summed E-state index contributed by atoms with van der Waals surface area (Å²) >= 11 is 0. The second-order valence-corrected chi connectivity index (χ2v) is 2.31. The molecule has 0 aromatic rings. The van der Waals surface area contributed by atoms with Crippen LogP contribution in [0.3, 0.4) is 0 Å². The summed E-state index contributed by atoms with van der Waals surface area (Å²) < 4.78 is 0. The van der Waals surface area contributed by atoms with Crippen molar-refractivity contribution in [3.05, 3.63) is 0 Å². The van der Waals surface area contributed by atoms with E-state index in [2.05, 4.69) is 5.32 Å². The first-order chi connectivity index (χ1) is 4.72. The molecule has 3 nitrogen and oxygen atoms in total. The molecule has 0 rings (SSSR count). The number of nitrogens with two attached hydrogens (primary N) is 1. The molecule has 0 aromatic heterocycles. The lowest BCUT2D eigenvalue weighted by Crippen LogP contribution is -2.40. The summed E-state index contributed by atoms with van der Waals surface area (Å²) in [5, 5.41) is 2.72. The Kier molecular flexibility index (Phi) is 9.47. The van der Waals surface area contributed by atoms with Crippen LogP contribution in [-0.4, -0.2) is 18.5 Å². The van der Waals surface area contributed by atoms with Crippen LogP contribution in [0.5, 0.6) is 0 Å². The molecule has 0 aromatic carbocycles. The number of carbonyl (C=O) groups excluding carboxylic acids is 1. The molecule has 4 heteroatoms. The van der Waals surface area contributed by atoms with Crippen molar-refractivity contribution < 1.29 is 4.79 Å². The molecule has 0 saturated carbocycles. The van der Waals surface area contributed by atoms with E-state index < -0.39 is 0 Å². The lowest BCUT2D eigenvalue weighted by molar-refractivity contribution is -0.122. The van der Waals surface area contributed by atoms with Crippen LogP contribution in [0.25, 0.3) is 0 Å². The van der Waals surface area contributed by atoms with Gasteiger partial charge in [0.15, 0.2) is 0 Å². The van der Waals surface area contributed by atoms with Crippen LogP contribution < -0.4 is 11.1 Å². The van der Waals surface area contributed by atoms with E-state index in [1.54, 1.807) is 0 Å². The first kappa shape index (κ1) is 13.3.